The van der Waals surface area contributed by atoms with E-state index < -0.39 is 12.2 Å². The third kappa shape index (κ3) is 3.15. The quantitative estimate of drug-likeness (QED) is 0.482. The van der Waals surface area contributed by atoms with Gasteiger partial charge in [-0.1, -0.05) is 34.6 Å². The molecule has 0 radical (unpaired) electrons. The zero-order valence-corrected chi connectivity index (χ0v) is 24.3. The zero-order valence-electron chi connectivity index (χ0n) is 24.3. The van der Waals surface area contributed by atoms with Crippen LogP contribution in [0, 0.1) is 50.7 Å². The lowest BCUT2D eigenvalue weighted by Crippen LogP contribution is -2.60. The predicted molar refractivity (Wildman–Crippen MR) is 142 cm³/mol. The number of nitrogens with two attached hydrogens (primary N) is 1. The number of aliphatic hydroxyl groups is 1. The minimum Gasteiger partial charge on any atom is -0.469 e. The maximum Gasteiger partial charge on any atom is 0.404 e. The summed E-state index contributed by atoms with van der Waals surface area (Å²) in [6, 6.07) is 0. The van der Waals surface area contributed by atoms with Crippen molar-refractivity contribution in [3.63, 3.8) is 0 Å². The molecule has 6 aliphatic rings. The Kier molecular flexibility index (Phi) is 5.90. The number of amides is 1. The van der Waals surface area contributed by atoms with Crippen molar-refractivity contribution in [1.82, 2.24) is 0 Å². The second-order valence-corrected chi connectivity index (χ2v) is 15.2. The molecule has 1 saturated heterocycles. The summed E-state index contributed by atoms with van der Waals surface area (Å²) in [5.74, 6) is 1.56. The third-order valence-corrected chi connectivity index (χ3v) is 14.0. The number of hydrogen-bond acceptors (Lipinski definition) is 6. The number of aliphatic hydroxyl groups excluding tert-OH is 1. The number of rotatable bonds is 4. The van der Waals surface area contributed by atoms with Crippen molar-refractivity contribution in [2.45, 2.75) is 123 Å². The van der Waals surface area contributed by atoms with Gasteiger partial charge in [-0.25, -0.2) is 4.79 Å². The van der Waals surface area contributed by atoms with Crippen LogP contribution in [-0.2, 0) is 19.0 Å². The van der Waals surface area contributed by atoms with Gasteiger partial charge in [0.15, 0.2) is 0 Å². The lowest BCUT2D eigenvalue weighted by Gasteiger charge is -2.63. The van der Waals surface area contributed by atoms with E-state index in [0.717, 1.165) is 38.5 Å². The smallest absolute Gasteiger partial charge is 0.404 e. The molecule has 0 aromatic rings. The molecule has 6 fully saturated rings. The van der Waals surface area contributed by atoms with Gasteiger partial charge >= 0.3 is 12.1 Å². The summed E-state index contributed by atoms with van der Waals surface area (Å²) in [6.07, 6.45) is 8.30. The average molecular weight is 532 g/mol. The van der Waals surface area contributed by atoms with Crippen LogP contribution < -0.4 is 5.73 Å². The third-order valence-electron chi connectivity index (χ3n) is 14.0. The van der Waals surface area contributed by atoms with Gasteiger partial charge in [0.1, 0.15) is 6.10 Å². The van der Waals surface area contributed by atoms with Gasteiger partial charge in [0.25, 0.3) is 0 Å². The summed E-state index contributed by atoms with van der Waals surface area (Å²) in [5, 5.41) is 12.2. The van der Waals surface area contributed by atoms with E-state index in [9.17, 15) is 14.7 Å². The highest BCUT2D eigenvalue weighted by Gasteiger charge is 2.84. The van der Waals surface area contributed by atoms with Crippen LogP contribution in [0.25, 0.3) is 0 Å². The van der Waals surface area contributed by atoms with E-state index in [2.05, 4.69) is 34.6 Å². The highest BCUT2D eigenvalue weighted by molar-refractivity contribution is 5.69. The summed E-state index contributed by atoms with van der Waals surface area (Å²) in [6.45, 7) is 11.8. The minimum atomic E-state index is -0.658. The first-order valence-corrected chi connectivity index (χ1v) is 15.1. The van der Waals surface area contributed by atoms with Gasteiger partial charge in [-0.15, -0.1) is 0 Å². The first kappa shape index (κ1) is 26.9. The monoisotopic (exact) mass is 531 g/mol. The molecular formula is C31H49NO6. The minimum absolute atomic E-state index is 0.00866. The number of methoxy groups -OCH3 is 1. The molecule has 12 atom stereocenters. The zero-order chi connectivity index (χ0) is 27.5. The molecule has 0 aromatic heterocycles. The first-order valence-electron chi connectivity index (χ1n) is 15.1. The maximum atomic E-state index is 12.2. The molecule has 2 spiro atoms. The molecule has 1 amide bonds. The van der Waals surface area contributed by atoms with Crippen molar-refractivity contribution in [3.05, 3.63) is 0 Å². The summed E-state index contributed by atoms with van der Waals surface area (Å²) < 4.78 is 17.2. The van der Waals surface area contributed by atoms with Crippen LogP contribution in [0.4, 0.5) is 4.79 Å². The Morgan fingerprint density at radius 1 is 1.03 bits per heavy atom. The molecule has 7 nitrogen and oxygen atoms in total. The molecule has 214 valence electrons. The van der Waals surface area contributed by atoms with E-state index in [1.165, 1.54) is 20.0 Å². The van der Waals surface area contributed by atoms with Crippen LogP contribution in [0.5, 0.6) is 0 Å². The van der Waals surface area contributed by atoms with E-state index in [0.29, 0.717) is 36.5 Å². The largest absolute Gasteiger partial charge is 0.469 e. The van der Waals surface area contributed by atoms with Gasteiger partial charge in [0, 0.05) is 17.3 Å². The standard InChI is InChI=1S/C31H49NO6/c1-17-15-18(7-10-22(33)36-6)37-24-23(17)28(4)13-14-31-16-30(31)12-11-21(38-26(32)35)27(2,3)19(30)8-9-20(31)29(28,5)25(24)34/h17-21,23-25,34H,7-16H2,1-6H3,(H2,32,35)/t17-,18?,19+,20+,21+,23?,24?,25+,28-,29-,30-,31?/m1/s1. The Hall–Kier alpha value is -1.34. The van der Waals surface area contributed by atoms with E-state index in [-0.39, 0.29) is 51.4 Å². The van der Waals surface area contributed by atoms with E-state index in [1.807, 2.05) is 0 Å². The summed E-state index contributed by atoms with van der Waals surface area (Å²) in [7, 11) is 1.43. The van der Waals surface area contributed by atoms with Crippen LogP contribution >= 0.6 is 0 Å². The highest BCUT2D eigenvalue weighted by Crippen LogP contribution is 2.89. The van der Waals surface area contributed by atoms with Gasteiger partial charge in [-0.2, -0.15) is 0 Å². The Bertz CT molecular complexity index is 1010. The Morgan fingerprint density at radius 2 is 1.71 bits per heavy atom. The Balaban J connectivity index is 1.29. The van der Waals surface area contributed by atoms with Crippen LogP contribution in [0.1, 0.15) is 98.8 Å². The number of carbonyl (C=O) groups is 2. The molecular weight excluding hydrogens is 482 g/mol. The average Bonchev–Trinajstić information content (AvgIpc) is 3.49. The fraction of sp³-hybridized carbons (Fsp3) is 0.935. The van der Waals surface area contributed by atoms with Gasteiger partial charge in [0.05, 0.1) is 25.4 Å². The van der Waals surface area contributed by atoms with Gasteiger partial charge in [-0.05, 0) is 97.7 Å². The number of carbonyl (C=O) groups excluding carboxylic acids is 2. The normalized spacial score (nSPS) is 53.9. The van der Waals surface area contributed by atoms with Crippen molar-refractivity contribution in [1.29, 1.82) is 0 Å². The van der Waals surface area contributed by atoms with Gasteiger partial charge in [0.2, 0.25) is 0 Å². The van der Waals surface area contributed by atoms with Crippen molar-refractivity contribution in [3.8, 4) is 0 Å². The maximum absolute atomic E-state index is 12.2. The molecule has 5 saturated carbocycles. The first-order chi connectivity index (χ1) is 17.8. The molecule has 0 bridgehead atoms. The topological polar surface area (TPSA) is 108 Å². The Morgan fingerprint density at radius 3 is 2.39 bits per heavy atom. The van der Waals surface area contributed by atoms with E-state index in [1.54, 1.807) is 0 Å². The van der Waals surface area contributed by atoms with Gasteiger partial charge < -0.3 is 25.1 Å². The van der Waals surface area contributed by atoms with Crippen molar-refractivity contribution in [2.75, 3.05) is 7.11 Å². The number of hydrogen-bond donors (Lipinski definition) is 2. The van der Waals surface area contributed by atoms with Crippen molar-refractivity contribution in [2.24, 2.45) is 56.5 Å². The second kappa shape index (κ2) is 8.34. The van der Waals surface area contributed by atoms with Crippen LogP contribution in [-0.4, -0.2) is 48.7 Å². The summed E-state index contributed by atoms with van der Waals surface area (Å²) in [5.41, 5.74) is 5.73. The highest BCUT2D eigenvalue weighted by atomic mass is 16.6. The molecule has 5 aliphatic carbocycles. The van der Waals surface area contributed by atoms with Gasteiger partial charge in [-0.3, -0.25) is 4.79 Å². The van der Waals surface area contributed by atoms with Crippen molar-refractivity contribution >= 4 is 12.1 Å². The summed E-state index contributed by atoms with van der Waals surface area (Å²) >= 11 is 0. The molecule has 1 aliphatic heterocycles. The fourth-order valence-electron chi connectivity index (χ4n) is 12.3. The second-order valence-electron chi connectivity index (χ2n) is 15.2. The number of ether oxygens (including phenoxy) is 3. The lowest BCUT2D eigenvalue weighted by molar-refractivity contribution is -0.182. The number of esters is 1. The summed E-state index contributed by atoms with van der Waals surface area (Å²) in [4.78, 5) is 23.5. The molecule has 4 unspecified atom stereocenters. The molecule has 0 aromatic carbocycles. The Labute approximate surface area is 227 Å². The fourth-order valence-corrected chi connectivity index (χ4v) is 12.3. The molecule has 3 N–H and O–H groups in total. The van der Waals surface area contributed by atoms with Crippen LogP contribution in [0.3, 0.4) is 0 Å². The van der Waals surface area contributed by atoms with E-state index in [4.69, 9.17) is 19.9 Å². The number of primary amides is 1. The van der Waals surface area contributed by atoms with Crippen LogP contribution in [0.2, 0.25) is 0 Å². The number of fused-ring (bicyclic) bond motifs is 4. The molecule has 1 heterocycles. The van der Waals surface area contributed by atoms with E-state index >= 15 is 0 Å². The predicted octanol–water partition coefficient (Wildman–Crippen LogP) is 5.22. The van der Waals surface area contributed by atoms with Crippen LogP contribution in [0.15, 0.2) is 0 Å². The molecule has 38 heavy (non-hydrogen) atoms. The lowest BCUT2D eigenvalue weighted by atomic mass is 9.41. The molecule has 7 heteroatoms. The van der Waals surface area contributed by atoms with Crippen molar-refractivity contribution < 1.29 is 28.9 Å². The SMILES string of the molecule is COC(=O)CCC1C[C@@H](C)C2C(O1)[C@H](O)[C@@]1(C)[C@@H]3CC[C@H]4C(C)(C)[C@@H](OC(N)=O)CC[C@@]45CC35CC[C@]21C. The molecule has 6 rings (SSSR count).